The number of carbonyl (C=O) groups is 2. The third-order valence-electron chi connectivity index (χ3n) is 2.54. The first-order valence-corrected chi connectivity index (χ1v) is 6.44. The summed E-state index contributed by atoms with van der Waals surface area (Å²) in [4.78, 5) is 22.1. The summed E-state index contributed by atoms with van der Waals surface area (Å²) in [5, 5.41) is 9.17. The van der Waals surface area contributed by atoms with E-state index in [4.69, 9.17) is 23.4 Å². The number of aldehydes is 1. The number of hydrogen-bond donors (Lipinski definition) is 2. The highest BCUT2D eigenvalue weighted by Crippen LogP contribution is 2.34. The number of carbonyl (C=O) groups excluding carboxylic acids is 1. The van der Waals surface area contributed by atoms with E-state index in [9.17, 15) is 9.59 Å². The fraction of sp³-hybridized carbons (Fsp3) is 0.0769. The fourth-order valence-corrected chi connectivity index (χ4v) is 2.73. The van der Waals surface area contributed by atoms with Gasteiger partial charge in [-0.3, -0.25) is 4.79 Å². The van der Waals surface area contributed by atoms with Crippen LogP contribution < -0.4 is 15.9 Å². The molecule has 1 aromatic heterocycles. The summed E-state index contributed by atoms with van der Waals surface area (Å²) in [6.45, 7) is -0.252. The van der Waals surface area contributed by atoms with Gasteiger partial charge in [0.1, 0.15) is 20.2 Å². The molecule has 0 aliphatic heterocycles. The summed E-state index contributed by atoms with van der Waals surface area (Å²) in [6, 6.07) is 6.93. The number of thiophene rings is 1. The standard InChI is InChI=1S/C13H10BNO4S/c14-9-10(19-5-4-16)12(13(17)18)20-11(9)7-2-1-3-8(15)6-7/h1-4,6H,5,15H2,(H,17,18). The maximum absolute atomic E-state index is 11.2. The van der Waals surface area contributed by atoms with Crippen LogP contribution in [-0.4, -0.2) is 31.8 Å². The first kappa shape index (κ1) is 14.1. The quantitative estimate of drug-likeness (QED) is 0.487. The molecule has 5 nitrogen and oxygen atoms in total. The molecule has 1 aromatic carbocycles. The van der Waals surface area contributed by atoms with Crippen molar-refractivity contribution in [2.24, 2.45) is 0 Å². The van der Waals surface area contributed by atoms with Gasteiger partial charge in [0.2, 0.25) is 0 Å². The Labute approximate surface area is 120 Å². The van der Waals surface area contributed by atoms with Gasteiger partial charge in [-0.25, -0.2) is 4.79 Å². The van der Waals surface area contributed by atoms with Crippen molar-refractivity contribution >= 4 is 42.6 Å². The number of nitrogens with two attached hydrogens (primary N) is 1. The van der Waals surface area contributed by atoms with E-state index in [2.05, 4.69) is 0 Å². The van der Waals surface area contributed by atoms with Gasteiger partial charge in [0.25, 0.3) is 0 Å². The van der Waals surface area contributed by atoms with E-state index in [1.165, 1.54) is 0 Å². The maximum Gasteiger partial charge on any atom is 0.349 e. The van der Waals surface area contributed by atoms with Crippen LogP contribution in [0.3, 0.4) is 0 Å². The van der Waals surface area contributed by atoms with Crippen molar-refractivity contribution in [2.45, 2.75) is 0 Å². The second-order valence-corrected chi connectivity index (χ2v) is 4.93. The summed E-state index contributed by atoms with van der Waals surface area (Å²) in [7, 11) is 5.93. The van der Waals surface area contributed by atoms with Crippen LogP contribution in [0.2, 0.25) is 0 Å². The van der Waals surface area contributed by atoms with Gasteiger partial charge in [-0.15, -0.1) is 11.3 Å². The van der Waals surface area contributed by atoms with Crippen LogP contribution in [-0.2, 0) is 4.79 Å². The molecule has 0 saturated carbocycles. The number of hydrogen-bond acceptors (Lipinski definition) is 5. The molecule has 0 unspecified atom stereocenters. The van der Waals surface area contributed by atoms with Crippen molar-refractivity contribution in [3.63, 3.8) is 0 Å². The molecule has 100 valence electrons. The largest absolute Gasteiger partial charge is 0.485 e. The summed E-state index contributed by atoms with van der Waals surface area (Å²) in [6.07, 6.45) is 0.531. The molecule has 2 rings (SSSR count). The lowest BCUT2D eigenvalue weighted by Gasteiger charge is -2.04. The van der Waals surface area contributed by atoms with Crippen molar-refractivity contribution in [2.75, 3.05) is 12.3 Å². The van der Waals surface area contributed by atoms with Gasteiger partial charge in [0.05, 0.1) is 0 Å². The van der Waals surface area contributed by atoms with Crippen LogP contribution in [0, 0.1) is 0 Å². The Balaban J connectivity index is 2.54. The van der Waals surface area contributed by atoms with E-state index in [1.54, 1.807) is 24.3 Å². The highest BCUT2D eigenvalue weighted by atomic mass is 32.1. The summed E-state index contributed by atoms with van der Waals surface area (Å²) in [5.41, 5.74) is 7.14. The SMILES string of the molecule is [B]c1c(-c2cccc(N)c2)sc(C(=O)O)c1OCC=O. The minimum atomic E-state index is -1.15. The van der Waals surface area contributed by atoms with Gasteiger partial charge >= 0.3 is 5.97 Å². The lowest BCUT2D eigenvalue weighted by molar-refractivity contribution is -0.109. The van der Waals surface area contributed by atoms with Gasteiger partial charge in [-0.2, -0.15) is 0 Å². The smallest absolute Gasteiger partial charge is 0.349 e. The number of ether oxygens (including phenoxy) is 1. The minimum absolute atomic E-state index is 0.0204. The van der Waals surface area contributed by atoms with E-state index in [1.807, 2.05) is 0 Å². The molecule has 3 N–H and O–H groups in total. The number of nitrogen functional groups attached to an aromatic ring is 1. The van der Waals surface area contributed by atoms with E-state index < -0.39 is 5.97 Å². The molecule has 1 heterocycles. The Hall–Kier alpha value is -2.28. The number of rotatable bonds is 5. The topological polar surface area (TPSA) is 89.6 Å². The predicted molar refractivity (Wildman–Crippen MR) is 78.1 cm³/mol. The zero-order valence-corrected chi connectivity index (χ0v) is 11.1. The zero-order chi connectivity index (χ0) is 14.7. The monoisotopic (exact) mass is 287 g/mol. The first-order chi connectivity index (χ1) is 9.54. The molecule has 0 aliphatic rings. The fourth-order valence-electron chi connectivity index (χ4n) is 1.72. The van der Waals surface area contributed by atoms with E-state index >= 15 is 0 Å². The molecule has 0 bridgehead atoms. The highest BCUT2D eigenvalue weighted by Gasteiger charge is 2.21. The Morgan fingerprint density at radius 1 is 1.50 bits per heavy atom. The van der Waals surface area contributed by atoms with E-state index in [-0.39, 0.29) is 22.7 Å². The van der Waals surface area contributed by atoms with Crippen molar-refractivity contribution in [3.05, 3.63) is 29.1 Å². The Morgan fingerprint density at radius 2 is 2.25 bits per heavy atom. The van der Waals surface area contributed by atoms with Gasteiger partial charge in [-0.05, 0) is 23.2 Å². The van der Waals surface area contributed by atoms with Crippen molar-refractivity contribution in [3.8, 4) is 16.2 Å². The molecule has 20 heavy (non-hydrogen) atoms. The van der Waals surface area contributed by atoms with Gasteiger partial charge in [0, 0.05) is 10.6 Å². The van der Waals surface area contributed by atoms with Crippen molar-refractivity contribution < 1.29 is 19.4 Å². The molecule has 0 spiro atoms. The molecule has 0 amide bonds. The molecule has 0 atom stereocenters. The molecule has 0 aliphatic carbocycles. The van der Waals surface area contributed by atoms with E-state index in [0.717, 1.165) is 11.3 Å². The van der Waals surface area contributed by atoms with Gasteiger partial charge < -0.3 is 15.6 Å². The number of carboxylic acid groups (broad SMARTS) is 1. The normalized spacial score (nSPS) is 10.2. The molecule has 7 heteroatoms. The molecular formula is C13H10BNO4S. The van der Waals surface area contributed by atoms with Crippen LogP contribution in [0.4, 0.5) is 5.69 Å². The highest BCUT2D eigenvalue weighted by molar-refractivity contribution is 7.19. The van der Waals surface area contributed by atoms with Crippen LogP contribution in [0.25, 0.3) is 10.4 Å². The minimum Gasteiger partial charge on any atom is -0.485 e. The second kappa shape index (κ2) is 5.79. The molecular weight excluding hydrogens is 277 g/mol. The van der Waals surface area contributed by atoms with Crippen LogP contribution in [0.5, 0.6) is 5.75 Å². The number of anilines is 1. The van der Waals surface area contributed by atoms with E-state index in [0.29, 0.717) is 22.4 Å². The third kappa shape index (κ3) is 2.67. The third-order valence-corrected chi connectivity index (χ3v) is 3.76. The average molecular weight is 287 g/mol. The lowest BCUT2D eigenvalue weighted by atomic mass is 9.92. The van der Waals surface area contributed by atoms with Gasteiger partial charge in [-0.1, -0.05) is 12.1 Å². The molecule has 0 fully saturated rings. The number of carboxylic acids is 1. The maximum atomic E-state index is 11.2. The predicted octanol–water partition coefficient (Wildman–Crippen LogP) is 1.07. The van der Waals surface area contributed by atoms with Gasteiger partial charge in [0.15, 0.2) is 11.2 Å². The Morgan fingerprint density at radius 3 is 2.85 bits per heavy atom. The van der Waals surface area contributed by atoms with Crippen molar-refractivity contribution in [1.29, 1.82) is 0 Å². The summed E-state index contributed by atoms with van der Waals surface area (Å²) in [5.74, 6) is -1.13. The molecule has 2 aromatic rings. The molecule has 2 radical (unpaired) electrons. The van der Waals surface area contributed by atoms with Crippen molar-refractivity contribution in [1.82, 2.24) is 0 Å². The lowest BCUT2D eigenvalue weighted by Crippen LogP contribution is -2.12. The van der Waals surface area contributed by atoms with Crippen LogP contribution >= 0.6 is 11.3 Å². The zero-order valence-electron chi connectivity index (χ0n) is 10.3. The molecule has 0 saturated heterocycles. The average Bonchev–Trinajstić information content (AvgIpc) is 2.74. The Kier molecular flexibility index (Phi) is 4.09. The number of aromatic carboxylic acids is 1. The Bertz CT molecular complexity index is 668. The summed E-state index contributed by atoms with van der Waals surface area (Å²) < 4.78 is 5.12. The van der Waals surface area contributed by atoms with Crippen LogP contribution in [0.1, 0.15) is 9.67 Å². The second-order valence-electron chi connectivity index (χ2n) is 3.91. The van der Waals surface area contributed by atoms with Crippen LogP contribution in [0.15, 0.2) is 24.3 Å². The summed E-state index contributed by atoms with van der Waals surface area (Å²) >= 11 is 0.985. The first-order valence-electron chi connectivity index (χ1n) is 5.62. The number of benzene rings is 1.